The zero-order chi connectivity index (χ0) is 12.8. The Hall–Kier alpha value is -0.940. The van der Waals surface area contributed by atoms with Crippen LogP contribution in [0.15, 0.2) is 22.7 Å². The first-order valence-corrected chi connectivity index (χ1v) is 6.30. The summed E-state index contributed by atoms with van der Waals surface area (Å²) < 4.78 is 13.3. The lowest BCUT2D eigenvalue weighted by atomic mass is 10.1. The zero-order valence-electron chi connectivity index (χ0n) is 9.89. The van der Waals surface area contributed by atoms with Gasteiger partial charge in [0.2, 0.25) is 5.91 Å². The van der Waals surface area contributed by atoms with E-state index in [9.17, 15) is 9.18 Å². The van der Waals surface area contributed by atoms with Crippen molar-refractivity contribution >= 4 is 27.5 Å². The third-order valence-electron chi connectivity index (χ3n) is 2.34. The van der Waals surface area contributed by atoms with Crippen molar-refractivity contribution in [3.63, 3.8) is 0 Å². The average Bonchev–Trinajstić information content (AvgIpc) is 2.30. The molecule has 0 radical (unpaired) electrons. The highest BCUT2D eigenvalue weighted by Crippen LogP contribution is 2.20. The molecule has 0 saturated carbocycles. The minimum Gasteiger partial charge on any atom is -0.326 e. The summed E-state index contributed by atoms with van der Waals surface area (Å²) in [6, 6.07) is 4.40. The van der Waals surface area contributed by atoms with Crippen molar-refractivity contribution in [1.82, 2.24) is 5.32 Å². The lowest BCUT2D eigenvalue weighted by Gasteiger charge is -2.12. The maximum Gasteiger partial charge on any atom is 0.228 e. The molecule has 94 valence electrons. The SMILES string of the molecule is CCNCC(C)C(=O)Nc1ccc(F)c(Br)c1. The van der Waals surface area contributed by atoms with Crippen LogP contribution in [0, 0.1) is 11.7 Å². The molecule has 0 saturated heterocycles. The van der Waals surface area contributed by atoms with Gasteiger partial charge in [-0.05, 0) is 40.7 Å². The molecule has 1 aromatic rings. The van der Waals surface area contributed by atoms with Crippen molar-refractivity contribution in [3.05, 3.63) is 28.5 Å². The van der Waals surface area contributed by atoms with Crippen molar-refractivity contribution in [2.75, 3.05) is 18.4 Å². The molecule has 5 heteroatoms. The molecule has 0 aromatic heterocycles. The molecule has 0 spiro atoms. The number of nitrogens with one attached hydrogen (secondary N) is 2. The average molecular weight is 303 g/mol. The quantitative estimate of drug-likeness (QED) is 0.878. The van der Waals surface area contributed by atoms with Gasteiger partial charge in [0, 0.05) is 18.2 Å². The number of rotatable bonds is 5. The van der Waals surface area contributed by atoms with Gasteiger partial charge in [-0.1, -0.05) is 13.8 Å². The third kappa shape index (κ3) is 4.44. The van der Waals surface area contributed by atoms with Gasteiger partial charge < -0.3 is 10.6 Å². The van der Waals surface area contributed by atoms with Gasteiger partial charge in [-0.25, -0.2) is 4.39 Å². The summed E-state index contributed by atoms with van der Waals surface area (Å²) in [7, 11) is 0. The topological polar surface area (TPSA) is 41.1 Å². The van der Waals surface area contributed by atoms with Crippen molar-refractivity contribution in [2.45, 2.75) is 13.8 Å². The first kappa shape index (κ1) is 14.1. The number of anilines is 1. The van der Waals surface area contributed by atoms with Gasteiger partial charge in [-0.2, -0.15) is 0 Å². The normalized spacial score (nSPS) is 12.2. The maximum atomic E-state index is 13.0. The Bertz CT molecular complexity index is 398. The molecular formula is C12H16BrFN2O. The summed E-state index contributed by atoms with van der Waals surface area (Å²) in [6.07, 6.45) is 0. The second kappa shape index (κ2) is 6.71. The van der Waals surface area contributed by atoms with Crippen LogP contribution in [0.3, 0.4) is 0 Å². The van der Waals surface area contributed by atoms with Crippen LogP contribution < -0.4 is 10.6 Å². The van der Waals surface area contributed by atoms with E-state index in [1.54, 1.807) is 6.07 Å². The molecule has 3 nitrogen and oxygen atoms in total. The molecule has 0 aliphatic heterocycles. The zero-order valence-corrected chi connectivity index (χ0v) is 11.5. The fourth-order valence-corrected chi connectivity index (χ4v) is 1.67. The molecule has 0 aliphatic carbocycles. The van der Waals surface area contributed by atoms with E-state index in [2.05, 4.69) is 26.6 Å². The smallest absolute Gasteiger partial charge is 0.228 e. The van der Waals surface area contributed by atoms with Crippen LogP contribution in [-0.4, -0.2) is 19.0 Å². The van der Waals surface area contributed by atoms with Crippen LogP contribution in [0.4, 0.5) is 10.1 Å². The maximum absolute atomic E-state index is 13.0. The van der Waals surface area contributed by atoms with Gasteiger partial charge in [-0.3, -0.25) is 4.79 Å². The largest absolute Gasteiger partial charge is 0.326 e. The highest BCUT2D eigenvalue weighted by Gasteiger charge is 2.12. The molecule has 0 aliphatic rings. The van der Waals surface area contributed by atoms with E-state index in [1.807, 2.05) is 13.8 Å². The van der Waals surface area contributed by atoms with Crippen LogP contribution in [0.25, 0.3) is 0 Å². The standard InChI is InChI=1S/C12H16BrFN2O/c1-3-15-7-8(2)12(17)16-9-4-5-11(14)10(13)6-9/h4-6,8,15H,3,7H2,1-2H3,(H,16,17). The molecule has 0 heterocycles. The van der Waals surface area contributed by atoms with E-state index in [4.69, 9.17) is 0 Å². The van der Waals surface area contributed by atoms with E-state index in [1.165, 1.54) is 12.1 Å². The summed E-state index contributed by atoms with van der Waals surface area (Å²) in [5, 5.41) is 5.85. The second-order valence-electron chi connectivity index (χ2n) is 3.83. The van der Waals surface area contributed by atoms with Crippen molar-refractivity contribution in [2.24, 2.45) is 5.92 Å². The van der Waals surface area contributed by atoms with Gasteiger partial charge >= 0.3 is 0 Å². The number of hydrogen-bond acceptors (Lipinski definition) is 2. The predicted octanol–water partition coefficient (Wildman–Crippen LogP) is 2.77. The van der Waals surface area contributed by atoms with Crippen molar-refractivity contribution in [1.29, 1.82) is 0 Å². The lowest BCUT2D eigenvalue weighted by Crippen LogP contribution is -2.30. The van der Waals surface area contributed by atoms with Crippen LogP contribution in [0.2, 0.25) is 0 Å². The van der Waals surface area contributed by atoms with E-state index in [0.717, 1.165) is 6.54 Å². The van der Waals surface area contributed by atoms with E-state index < -0.39 is 0 Å². The highest BCUT2D eigenvalue weighted by atomic mass is 79.9. The summed E-state index contributed by atoms with van der Waals surface area (Å²) in [5.41, 5.74) is 0.589. The lowest BCUT2D eigenvalue weighted by molar-refractivity contribution is -0.119. The summed E-state index contributed by atoms with van der Waals surface area (Å²) in [6.45, 7) is 5.29. The number of carbonyl (C=O) groups is 1. The minimum absolute atomic E-state index is 0.0792. The molecule has 2 N–H and O–H groups in total. The number of hydrogen-bond donors (Lipinski definition) is 2. The fraction of sp³-hybridized carbons (Fsp3) is 0.417. The summed E-state index contributed by atoms with van der Waals surface area (Å²) in [5.74, 6) is -0.549. The Morgan fingerprint density at radius 1 is 1.53 bits per heavy atom. The molecule has 0 fully saturated rings. The minimum atomic E-state index is -0.344. The first-order chi connectivity index (χ1) is 8.04. The van der Waals surface area contributed by atoms with E-state index in [-0.39, 0.29) is 17.6 Å². The number of halogens is 2. The molecule has 0 bridgehead atoms. The Morgan fingerprint density at radius 2 is 2.24 bits per heavy atom. The molecule has 1 unspecified atom stereocenters. The van der Waals surface area contributed by atoms with Crippen LogP contribution in [0.5, 0.6) is 0 Å². The predicted molar refractivity (Wildman–Crippen MR) is 70.4 cm³/mol. The third-order valence-corrected chi connectivity index (χ3v) is 2.94. The number of carbonyl (C=O) groups excluding carboxylic acids is 1. The van der Waals surface area contributed by atoms with Gasteiger partial charge in [-0.15, -0.1) is 0 Å². The monoisotopic (exact) mass is 302 g/mol. The fourth-order valence-electron chi connectivity index (χ4n) is 1.29. The Kier molecular flexibility index (Phi) is 5.58. The van der Waals surface area contributed by atoms with E-state index in [0.29, 0.717) is 16.7 Å². The van der Waals surface area contributed by atoms with Gasteiger partial charge in [0.05, 0.1) is 4.47 Å². The van der Waals surface area contributed by atoms with Crippen LogP contribution in [0.1, 0.15) is 13.8 Å². The van der Waals surface area contributed by atoms with Crippen LogP contribution in [-0.2, 0) is 4.79 Å². The van der Waals surface area contributed by atoms with Crippen molar-refractivity contribution in [3.8, 4) is 0 Å². The summed E-state index contributed by atoms with van der Waals surface area (Å²) in [4.78, 5) is 11.8. The number of benzene rings is 1. The van der Waals surface area contributed by atoms with Gasteiger partial charge in [0.15, 0.2) is 0 Å². The molecule has 1 atom stereocenters. The van der Waals surface area contributed by atoms with Crippen molar-refractivity contribution < 1.29 is 9.18 Å². The summed E-state index contributed by atoms with van der Waals surface area (Å²) >= 11 is 3.08. The van der Waals surface area contributed by atoms with Crippen LogP contribution >= 0.6 is 15.9 Å². The molecule has 17 heavy (non-hydrogen) atoms. The first-order valence-electron chi connectivity index (χ1n) is 5.51. The Labute approximate surface area is 109 Å². The Balaban J connectivity index is 2.58. The van der Waals surface area contributed by atoms with Gasteiger partial charge in [0.1, 0.15) is 5.82 Å². The number of amides is 1. The molecular weight excluding hydrogens is 287 g/mol. The Morgan fingerprint density at radius 3 is 2.82 bits per heavy atom. The van der Waals surface area contributed by atoms with Gasteiger partial charge in [0.25, 0.3) is 0 Å². The highest BCUT2D eigenvalue weighted by molar-refractivity contribution is 9.10. The molecule has 1 amide bonds. The second-order valence-corrected chi connectivity index (χ2v) is 4.68. The molecule has 1 aromatic carbocycles. The molecule has 1 rings (SSSR count). The van der Waals surface area contributed by atoms with E-state index >= 15 is 0 Å².